The van der Waals surface area contributed by atoms with E-state index < -0.39 is 0 Å². The molecule has 0 bridgehead atoms. The number of anilines is 1. The standard InChI is InChI=1S/C16H17FN2O2/c1-10-8-11(17)4-7-14(10)21-15-9-12(18)5-6-13(15)16(20)19(2)3/h4-9H,18H2,1-3H3. The normalized spacial score (nSPS) is 10.3. The number of benzene rings is 2. The van der Waals surface area contributed by atoms with Gasteiger partial charge in [0.05, 0.1) is 5.56 Å². The number of nitrogen functional groups attached to an aromatic ring is 1. The second-order valence-electron chi connectivity index (χ2n) is 4.97. The van der Waals surface area contributed by atoms with Crippen molar-refractivity contribution in [1.82, 2.24) is 4.90 Å². The molecule has 110 valence electrons. The molecule has 2 aromatic rings. The molecule has 4 nitrogen and oxygen atoms in total. The zero-order valence-electron chi connectivity index (χ0n) is 12.2. The lowest BCUT2D eigenvalue weighted by Crippen LogP contribution is -2.22. The van der Waals surface area contributed by atoms with Crippen LogP contribution in [0.15, 0.2) is 36.4 Å². The van der Waals surface area contributed by atoms with Gasteiger partial charge in [0.15, 0.2) is 0 Å². The van der Waals surface area contributed by atoms with E-state index in [2.05, 4.69) is 0 Å². The molecule has 0 saturated carbocycles. The van der Waals surface area contributed by atoms with Crippen LogP contribution in [0, 0.1) is 12.7 Å². The highest BCUT2D eigenvalue weighted by Gasteiger charge is 2.16. The van der Waals surface area contributed by atoms with E-state index >= 15 is 0 Å². The van der Waals surface area contributed by atoms with E-state index in [9.17, 15) is 9.18 Å². The van der Waals surface area contributed by atoms with Crippen LogP contribution in [0.2, 0.25) is 0 Å². The number of aryl methyl sites for hydroxylation is 1. The summed E-state index contributed by atoms with van der Waals surface area (Å²) >= 11 is 0. The van der Waals surface area contributed by atoms with Gasteiger partial charge < -0.3 is 15.4 Å². The first-order valence-corrected chi connectivity index (χ1v) is 6.43. The lowest BCUT2D eigenvalue weighted by atomic mass is 10.1. The first-order valence-electron chi connectivity index (χ1n) is 6.43. The Morgan fingerprint density at radius 2 is 1.86 bits per heavy atom. The molecule has 2 aromatic carbocycles. The molecular formula is C16H17FN2O2. The van der Waals surface area contributed by atoms with Crippen molar-refractivity contribution >= 4 is 11.6 Å². The fourth-order valence-electron chi connectivity index (χ4n) is 1.89. The summed E-state index contributed by atoms with van der Waals surface area (Å²) in [6, 6.07) is 9.04. The molecule has 0 aromatic heterocycles. The van der Waals surface area contributed by atoms with Gasteiger partial charge in [0.2, 0.25) is 0 Å². The van der Waals surface area contributed by atoms with Crippen LogP contribution < -0.4 is 10.5 Å². The molecule has 0 fully saturated rings. The Hall–Kier alpha value is -2.56. The van der Waals surface area contributed by atoms with E-state index in [0.717, 1.165) is 0 Å². The zero-order chi connectivity index (χ0) is 15.6. The second-order valence-corrected chi connectivity index (χ2v) is 4.97. The number of rotatable bonds is 3. The monoisotopic (exact) mass is 288 g/mol. The molecule has 0 atom stereocenters. The fraction of sp³-hybridized carbons (Fsp3) is 0.188. The average Bonchev–Trinajstić information content (AvgIpc) is 2.41. The zero-order valence-corrected chi connectivity index (χ0v) is 12.2. The van der Waals surface area contributed by atoms with Gasteiger partial charge in [-0.15, -0.1) is 0 Å². The Balaban J connectivity index is 2.43. The highest BCUT2D eigenvalue weighted by Crippen LogP contribution is 2.30. The van der Waals surface area contributed by atoms with Gasteiger partial charge in [-0.25, -0.2) is 4.39 Å². The summed E-state index contributed by atoms with van der Waals surface area (Å²) in [6.45, 7) is 1.73. The van der Waals surface area contributed by atoms with E-state index in [4.69, 9.17) is 10.5 Å². The summed E-state index contributed by atoms with van der Waals surface area (Å²) in [4.78, 5) is 13.6. The first-order chi connectivity index (χ1) is 9.88. The van der Waals surface area contributed by atoms with Crippen molar-refractivity contribution in [3.63, 3.8) is 0 Å². The molecule has 0 unspecified atom stereocenters. The molecule has 0 aliphatic carbocycles. The molecular weight excluding hydrogens is 271 g/mol. The van der Waals surface area contributed by atoms with Crippen LogP contribution in [0.25, 0.3) is 0 Å². The molecule has 0 saturated heterocycles. The minimum absolute atomic E-state index is 0.190. The minimum atomic E-state index is -0.336. The van der Waals surface area contributed by atoms with Gasteiger partial charge in [-0.2, -0.15) is 0 Å². The van der Waals surface area contributed by atoms with Crippen LogP contribution in [-0.2, 0) is 0 Å². The van der Waals surface area contributed by atoms with Crippen LogP contribution in [0.5, 0.6) is 11.5 Å². The van der Waals surface area contributed by atoms with Crippen molar-refractivity contribution in [2.24, 2.45) is 0 Å². The van der Waals surface area contributed by atoms with E-state index in [-0.39, 0.29) is 11.7 Å². The van der Waals surface area contributed by atoms with Crippen molar-refractivity contribution < 1.29 is 13.9 Å². The predicted molar refractivity (Wildman–Crippen MR) is 80.1 cm³/mol. The summed E-state index contributed by atoms with van der Waals surface area (Å²) in [5.74, 6) is 0.306. The number of hydrogen-bond donors (Lipinski definition) is 1. The third-order valence-electron chi connectivity index (χ3n) is 3.00. The van der Waals surface area contributed by atoms with Crippen molar-refractivity contribution in [1.29, 1.82) is 0 Å². The fourth-order valence-corrected chi connectivity index (χ4v) is 1.89. The smallest absolute Gasteiger partial charge is 0.257 e. The number of amides is 1. The molecule has 1 amide bonds. The van der Waals surface area contributed by atoms with E-state index in [0.29, 0.717) is 28.3 Å². The van der Waals surface area contributed by atoms with Crippen molar-refractivity contribution in [3.8, 4) is 11.5 Å². The van der Waals surface area contributed by atoms with Crippen molar-refractivity contribution in [3.05, 3.63) is 53.3 Å². The molecule has 0 spiro atoms. The number of ether oxygens (including phenoxy) is 1. The summed E-state index contributed by atoms with van der Waals surface area (Å²) in [7, 11) is 3.32. The van der Waals surface area contributed by atoms with Gasteiger partial charge in [0.25, 0.3) is 5.91 Å². The predicted octanol–water partition coefficient (Wildman–Crippen LogP) is 3.21. The lowest BCUT2D eigenvalue weighted by Gasteiger charge is -2.16. The maximum atomic E-state index is 13.1. The van der Waals surface area contributed by atoms with Crippen LogP contribution in [0.3, 0.4) is 0 Å². The molecule has 21 heavy (non-hydrogen) atoms. The highest BCUT2D eigenvalue weighted by atomic mass is 19.1. The van der Waals surface area contributed by atoms with Crippen molar-refractivity contribution in [2.75, 3.05) is 19.8 Å². The second kappa shape index (κ2) is 5.83. The molecule has 0 aliphatic rings. The summed E-state index contributed by atoms with van der Waals surface area (Å²) < 4.78 is 18.9. The Bertz CT molecular complexity index is 684. The van der Waals surface area contributed by atoms with Crippen LogP contribution >= 0.6 is 0 Å². The first kappa shape index (κ1) is 14.8. The van der Waals surface area contributed by atoms with E-state index in [1.54, 1.807) is 39.2 Å². The lowest BCUT2D eigenvalue weighted by molar-refractivity contribution is 0.0825. The molecule has 2 rings (SSSR count). The average molecular weight is 288 g/mol. The Labute approximate surface area is 122 Å². The minimum Gasteiger partial charge on any atom is -0.456 e. The van der Waals surface area contributed by atoms with Crippen LogP contribution in [0.4, 0.5) is 10.1 Å². The van der Waals surface area contributed by atoms with Gasteiger partial charge in [0, 0.05) is 25.8 Å². The summed E-state index contributed by atoms with van der Waals surface area (Å²) in [5, 5.41) is 0. The number of carbonyl (C=O) groups excluding carboxylic acids is 1. The van der Waals surface area contributed by atoms with E-state index in [1.165, 1.54) is 23.1 Å². The maximum Gasteiger partial charge on any atom is 0.257 e. The van der Waals surface area contributed by atoms with Gasteiger partial charge in [0.1, 0.15) is 17.3 Å². The Morgan fingerprint density at radius 3 is 2.48 bits per heavy atom. The maximum absolute atomic E-state index is 13.1. The topological polar surface area (TPSA) is 55.6 Å². The molecule has 0 aliphatic heterocycles. The quantitative estimate of drug-likeness (QED) is 0.882. The van der Waals surface area contributed by atoms with E-state index in [1.807, 2.05) is 0 Å². The number of halogens is 1. The number of nitrogens with two attached hydrogens (primary N) is 1. The van der Waals surface area contributed by atoms with Gasteiger partial charge in [-0.3, -0.25) is 4.79 Å². The summed E-state index contributed by atoms with van der Waals surface area (Å²) in [5.41, 5.74) is 7.28. The molecule has 2 N–H and O–H groups in total. The molecule has 5 heteroatoms. The third-order valence-corrected chi connectivity index (χ3v) is 3.00. The largest absolute Gasteiger partial charge is 0.456 e. The van der Waals surface area contributed by atoms with Crippen LogP contribution in [-0.4, -0.2) is 24.9 Å². The summed E-state index contributed by atoms with van der Waals surface area (Å²) in [6.07, 6.45) is 0. The van der Waals surface area contributed by atoms with Crippen LogP contribution in [0.1, 0.15) is 15.9 Å². The SMILES string of the molecule is Cc1cc(F)ccc1Oc1cc(N)ccc1C(=O)N(C)C. The Morgan fingerprint density at radius 1 is 1.14 bits per heavy atom. The Kier molecular flexibility index (Phi) is 4.12. The van der Waals surface area contributed by atoms with Crippen molar-refractivity contribution in [2.45, 2.75) is 6.92 Å². The third kappa shape index (κ3) is 3.31. The molecule has 0 radical (unpaired) electrons. The molecule has 0 heterocycles. The number of carbonyl (C=O) groups is 1. The highest BCUT2D eigenvalue weighted by molar-refractivity contribution is 5.97. The number of nitrogens with zero attached hydrogens (tertiary/aromatic N) is 1. The van der Waals surface area contributed by atoms with Gasteiger partial charge in [-0.05, 0) is 42.8 Å². The van der Waals surface area contributed by atoms with Gasteiger partial charge >= 0.3 is 0 Å². The number of hydrogen-bond acceptors (Lipinski definition) is 3. The van der Waals surface area contributed by atoms with Gasteiger partial charge in [-0.1, -0.05) is 0 Å².